The smallest absolute Gasteiger partial charge is 0.187 e. The van der Waals surface area contributed by atoms with Crippen molar-refractivity contribution in [2.75, 3.05) is 12.8 Å². The highest BCUT2D eigenvalue weighted by molar-refractivity contribution is 7.15. The Kier molecular flexibility index (Phi) is 3.43. The predicted molar refractivity (Wildman–Crippen MR) is 85.7 cm³/mol. The van der Waals surface area contributed by atoms with E-state index in [9.17, 15) is 0 Å². The Morgan fingerprint density at radius 1 is 1.24 bits per heavy atom. The third-order valence-corrected chi connectivity index (χ3v) is 4.64. The normalized spacial score (nSPS) is 10.8. The molecule has 0 atom stereocenters. The van der Waals surface area contributed by atoms with Gasteiger partial charge >= 0.3 is 0 Å². The van der Waals surface area contributed by atoms with E-state index in [-0.39, 0.29) is 0 Å². The third kappa shape index (κ3) is 2.29. The van der Waals surface area contributed by atoms with Crippen molar-refractivity contribution < 1.29 is 9.26 Å². The third-order valence-electron chi connectivity index (χ3n) is 3.48. The summed E-state index contributed by atoms with van der Waals surface area (Å²) in [5, 5.41) is 3.94. The van der Waals surface area contributed by atoms with E-state index in [1.54, 1.807) is 18.4 Å². The number of anilines is 1. The van der Waals surface area contributed by atoms with Crippen LogP contribution in [0.15, 0.2) is 34.9 Å². The second-order valence-corrected chi connectivity index (χ2v) is 6.08. The van der Waals surface area contributed by atoms with Gasteiger partial charge in [-0.15, -0.1) is 11.3 Å². The van der Waals surface area contributed by atoms with E-state index >= 15 is 0 Å². The minimum atomic E-state index is 0.373. The first-order chi connectivity index (χ1) is 10.1. The van der Waals surface area contributed by atoms with Gasteiger partial charge in [0.1, 0.15) is 5.75 Å². The number of nitrogen functional groups attached to an aromatic ring is 1. The molecule has 4 nitrogen and oxygen atoms in total. The maximum Gasteiger partial charge on any atom is 0.187 e. The number of aryl methyl sites for hydroxylation is 2. The summed E-state index contributed by atoms with van der Waals surface area (Å²) in [7, 11) is 1.64. The largest absolute Gasteiger partial charge is 0.496 e. The van der Waals surface area contributed by atoms with Gasteiger partial charge in [-0.25, -0.2) is 0 Å². The highest BCUT2D eigenvalue weighted by Crippen LogP contribution is 2.43. The van der Waals surface area contributed by atoms with Crippen molar-refractivity contribution in [1.29, 1.82) is 0 Å². The molecule has 0 amide bonds. The second-order valence-electron chi connectivity index (χ2n) is 4.82. The molecule has 2 N–H and O–H groups in total. The Balaban J connectivity index is 2.22. The Morgan fingerprint density at radius 3 is 2.67 bits per heavy atom. The fourth-order valence-corrected chi connectivity index (χ4v) is 3.28. The molecule has 0 saturated carbocycles. The van der Waals surface area contributed by atoms with Crippen molar-refractivity contribution in [3.8, 4) is 27.5 Å². The van der Waals surface area contributed by atoms with Crippen molar-refractivity contribution in [1.82, 2.24) is 5.16 Å². The molecule has 0 fully saturated rings. The maximum absolute atomic E-state index is 6.02. The molecule has 108 valence electrons. The van der Waals surface area contributed by atoms with E-state index in [0.29, 0.717) is 11.6 Å². The van der Waals surface area contributed by atoms with Crippen LogP contribution in [0.2, 0.25) is 0 Å². The number of rotatable bonds is 3. The van der Waals surface area contributed by atoms with E-state index in [4.69, 9.17) is 15.0 Å². The average molecular weight is 300 g/mol. The number of methoxy groups -OCH3 is 1. The number of nitrogens with zero attached hydrogens (tertiary/aromatic N) is 1. The van der Waals surface area contributed by atoms with Crippen LogP contribution < -0.4 is 10.5 Å². The topological polar surface area (TPSA) is 61.3 Å². The molecule has 0 bridgehead atoms. The maximum atomic E-state index is 6.02. The molecule has 5 heteroatoms. The summed E-state index contributed by atoms with van der Waals surface area (Å²) in [6, 6.07) is 9.82. The van der Waals surface area contributed by atoms with Gasteiger partial charge in [0.05, 0.1) is 17.6 Å². The number of benzene rings is 1. The van der Waals surface area contributed by atoms with Crippen LogP contribution >= 0.6 is 11.3 Å². The van der Waals surface area contributed by atoms with Gasteiger partial charge in [-0.05, 0) is 31.5 Å². The lowest BCUT2D eigenvalue weighted by molar-refractivity contribution is 0.416. The Bertz CT molecular complexity index is 770. The number of hydrogen-bond acceptors (Lipinski definition) is 5. The van der Waals surface area contributed by atoms with Gasteiger partial charge in [0.2, 0.25) is 0 Å². The van der Waals surface area contributed by atoms with Gasteiger partial charge in [0.25, 0.3) is 0 Å². The molecule has 0 saturated heterocycles. The summed E-state index contributed by atoms with van der Waals surface area (Å²) in [5.74, 6) is 1.81. The van der Waals surface area contributed by atoms with Gasteiger partial charge in [-0.1, -0.05) is 23.4 Å². The fraction of sp³-hybridized carbons (Fsp3) is 0.188. The van der Waals surface area contributed by atoms with Gasteiger partial charge in [-0.2, -0.15) is 0 Å². The molecular weight excluding hydrogens is 284 g/mol. The first-order valence-corrected chi connectivity index (χ1v) is 7.39. The minimum Gasteiger partial charge on any atom is -0.496 e. The predicted octanol–water partition coefficient (Wildman–Crippen LogP) is 4.28. The second kappa shape index (κ2) is 5.26. The lowest BCUT2D eigenvalue weighted by Gasteiger charge is -2.07. The van der Waals surface area contributed by atoms with Crippen molar-refractivity contribution in [3.63, 3.8) is 0 Å². The van der Waals surface area contributed by atoms with Crippen LogP contribution in [0.3, 0.4) is 0 Å². The molecule has 2 heterocycles. The fourth-order valence-electron chi connectivity index (χ4n) is 2.27. The average Bonchev–Trinajstić information content (AvgIpc) is 3.02. The number of aromatic nitrogens is 1. The minimum absolute atomic E-state index is 0.373. The number of thiophene rings is 1. The molecule has 21 heavy (non-hydrogen) atoms. The molecule has 1 aromatic carbocycles. The van der Waals surface area contributed by atoms with Crippen LogP contribution in [0, 0.1) is 13.8 Å². The van der Waals surface area contributed by atoms with E-state index in [0.717, 1.165) is 21.8 Å². The van der Waals surface area contributed by atoms with Crippen LogP contribution in [-0.2, 0) is 0 Å². The van der Waals surface area contributed by atoms with Gasteiger partial charge in [0, 0.05) is 10.4 Å². The number of ether oxygens (including phenoxy) is 1. The van der Waals surface area contributed by atoms with E-state index < -0.39 is 0 Å². The summed E-state index contributed by atoms with van der Waals surface area (Å²) < 4.78 is 10.9. The van der Waals surface area contributed by atoms with Gasteiger partial charge in [0.15, 0.2) is 11.6 Å². The first-order valence-electron chi connectivity index (χ1n) is 6.57. The summed E-state index contributed by atoms with van der Waals surface area (Å²) in [6.45, 7) is 4.17. The first kappa shape index (κ1) is 13.7. The van der Waals surface area contributed by atoms with Crippen molar-refractivity contribution >= 4 is 17.2 Å². The summed E-state index contributed by atoms with van der Waals surface area (Å²) in [5.41, 5.74) is 8.93. The standard InChI is InChI=1S/C16H16N2O2S/c1-9-8-13(21-10(9)2)15-14(16(17)18-20-15)11-6-4-5-7-12(11)19-3/h4-8H,1-3H3,(H2,17,18). The molecule has 0 aliphatic heterocycles. The van der Waals surface area contributed by atoms with Crippen LogP contribution in [0.25, 0.3) is 21.8 Å². The Labute approximate surface area is 127 Å². The molecule has 0 aliphatic carbocycles. The number of hydrogen-bond donors (Lipinski definition) is 1. The quantitative estimate of drug-likeness (QED) is 0.784. The van der Waals surface area contributed by atoms with Gasteiger partial charge < -0.3 is 15.0 Å². The molecule has 2 aromatic heterocycles. The van der Waals surface area contributed by atoms with E-state index in [1.807, 2.05) is 24.3 Å². The Hall–Kier alpha value is -2.27. The SMILES string of the molecule is COc1ccccc1-c1c(N)noc1-c1cc(C)c(C)s1. The lowest BCUT2D eigenvalue weighted by atomic mass is 10.0. The zero-order valence-electron chi connectivity index (χ0n) is 12.1. The van der Waals surface area contributed by atoms with E-state index in [2.05, 4.69) is 25.1 Å². The monoisotopic (exact) mass is 300 g/mol. The summed E-state index contributed by atoms with van der Waals surface area (Å²) in [4.78, 5) is 2.28. The van der Waals surface area contributed by atoms with Gasteiger partial charge in [-0.3, -0.25) is 0 Å². The molecule has 3 rings (SSSR count). The molecule has 0 spiro atoms. The molecule has 3 aromatic rings. The Morgan fingerprint density at radius 2 is 2.00 bits per heavy atom. The van der Waals surface area contributed by atoms with Crippen LogP contribution in [0.1, 0.15) is 10.4 Å². The molecule has 0 radical (unpaired) electrons. The number of nitrogens with two attached hydrogens (primary N) is 1. The van der Waals surface area contributed by atoms with Crippen molar-refractivity contribution in [3.05, 3.63) is 40.8 Å². The highest BCUT2D eigenvalue weighted by Gasteiger charge is 2.22. The lowest BCUT2D eigenvalue weighted by Crippen LogP contribution is -1.92. The summed E-state index contributed by atoms with van der Waals surface area (Å²) in [6.07, 6.45) is 0. The zero-order chi connectivity index (χ0) is 15.0. The molecular formula is C16H16N2O2S. The van der Waals surface area contributed by atoms with Crippen LogP contribution in [0.5, 0.6) is 5.75 Å². The van der Waals surface area contributed by atoms with Crippen molar-refractivity contribution in [2.45, 2.75) is 13.8 Å². The highest BCUT2D eigenvalue weighted by atomic mass is 32.1. The molecule has 0 aliphatic rings. The number of para-hydroxylation sites is 1. The van der Waals surface area contributed by atoms with Crippen LogP contribution in [-0.4, -0.2) is 12.3 Å². The summed E-state index contributed by atoms with van der Waals surface area (Å²) >= 11 is 1.67. The van der Waals surface area contributed by atoms with E-state index in [1.165, 1.54) is 10.4 Å². The molecule has 0 unspecified atom stereocenters. The van der Waals surface area contributed by atoms with Crippen LogP contribution in [0.4, 0.5) is 5.82 Å². The zero-order valence-corrected chi connectivity index (χ0v) is 13.0. The van der Waals surface area contributed by atoms with Crippen molar-refractivity contribution in [2.24, 2.45) is 0 Å².